The minimum absolute atomic E-state index is 0.545. The molecule has 4 nitrogen and oxygen atoms in total. The molecule has 0 radical (unpaired) electrons. The number of thiophene rings is 2. The fourth-order valence-electron chi connectivity index (χ4n) is 9.30. The van der Waals surface area contributed by atoms with E-state index in [0.717, 1.165) is 60.9 Å². The second-order valence-corrected chi connectivity index (χ2v) is 16.9. The molecule has 57 heavy (non-hydrogen) atoms. The fraction of sp³-hybridized carbons (Fsp3) is 0.0196. The summed E-state index contributed by atoms with van der Waals surface area (Å²) in [5.74, 6) is 0. The van der Waals surface area contributed by atoms with Crippen LogP contribution in [0.25, 0.3) is 106 Å². The van der Waals surface area contributed by atoms with Gasteiger partial charge in [0.15, 0.2) is 0 Å². The molecule has 0 aliphatic carbocycles. The van der Waals surface area contributed by atoms with E-state index in [0.29, 0.717) is 11.1 Å². The Morgan fingerprint density at radius 1 is 0.456 bits per heavy atom. The van der Waals surface area contributed by atoms with Gasteiger partial charge in [0, 0.05) is 67.5 Å². The highest BCUT2D eigenvalue weighted by Gasteiger charge is 2.25. The quantitative estimate of drug-likeness (QED) is 0.180. The van der Waals surface area contributed by atoms with E-state index < -0.39 is 0 Å². The molecule has 6 heteroatoms. The van der Waals surface area contributed by atoms with E-state index in [4.69, 9.17) is 0 Å². The maximum Gasteiger partial charge on any atom is 0.0998 e. The highest BCUT2D eigenvalue weighted by Crippen LogP contribution is 2.48. The summed E-state index contributed by atoms with van der Waals surface area (Å²) in [6, 6.07) is 58.9. The zero-order valence-corrected chi connectivity index (χ0v) is 32.2. The first-order valence-corrected chi connectivity index (χ1v) is 20.5. The number of hydrogen-bond donors (Lipinski definition) is 0. The monoisotopic (exact) mass is 760 g/mol. The van der Waals surface area contributed by atoms with Gasteiger partial charge in [0.05, 0.1) is 56.7 Å². The third kappa shape index (κ3) is 4.46. The van der Waals surface area contributed by atoms with Crippen LogP contribution in [0.3, 0.4) is 0 Å². The predicted octanol–water partition coefficient (Wildman–Crippen LogP) is 14.3. The van der Waals surface area contributed by atoms with Gasteiger partial charge in [0.2, 0.25) is 0 Å². The Bertz CT molecular complexity index is 3800. The molecule has 0 amide bonds. The van der Waals surface area contributed by atoms with Gasteiger partial charge in [0.1, 0.15) is 0 Å². The van der Waals surface area contributed by atoms with Gasteiger partial charge in [-0.3, -0.25) is 0 Å². The maximum absolute atomic E-state index is 11.1. The topological polar surface area (TPSA) is 57.4 Å². The number of hydrogen-bond acceptors (Lipinski definition) is 4. The molecule has 0 aliphatic rings. The molecule has 12 rings (SSSR count). The second kappa shape index (κ2) is 11.9. The molecular formula is C51H28N4S2. The van der Waals surface area contributed by atoms with Gasteiger partial charge in [-0.2, -0.15) is 10.5 Å². The molecule has 0 saturated heterocycles. The van der Waals surface area contributed by atoms with E-state index in [1.54, 1.807) is 0 Å². The van der Waals surface area contributed by atoms with Crippen LogP contribution < -0.4 is 0 Å². The fourth-order valence-corrected chi connectivity index (χ4v) is 11.5. The summed E-state index contributed by atoms with van der Waals surface area (Å²) < 4.78 is 9.79. The zero-order valence-electron chi connectivity index (χ0n) is 30.5. The summed E-state index contributed by atoms with van der Waals surface area (Å²) in [7, 11) is 0. The molecule has 0 atom stereocenters. The van der Waals surface area contributed by atoms with E-state index in [2.05, 4.69) is 161 Å². The van der Waals surface area contributed by atoms with E-state index in [1.165, 1.54) is 51.1 Å². The minimum Gasteiger partial charge on any atom is -0.306 e. The highest BCUT2D eigenvalue weighted by molar-refractivity contribution is 7.26. The van der Waals surface area contributed by atoms with Crippen LogP contribution in [0.2, 0.25) is 0 Å². The number of nitriles is 2. The number of nitrogens with zero attached hydrogens (tertiary/aromatic N) is 4. The van der Waals surface area contributed by atoms with Crippen LogP contribution in [-0.2, 0) is 0 Å². The largest absolute Gasteiger partial charge is 0.306 e. The third-order valence-corrected chi connectivity index (χ3v) is 13.9. The molecule has 0 unspecified atom stereocenters. The van der Waals surface area contributed by atoms with Crippen molar-refractivity contribution in [2.75, 3.05) is 0 Å². The van der Waals surface area contributed by atoms with Gasteiger partial charge in [-0.1, -0.05) is 91.0 Å². The summed E-state index contributed by atoms with van der Waals surface area (Å²) >= 11 is 3.64. The standard InChI is InChI=1S/C51H28N4S2/c1-29-22-30(27-52)24-31(23-29)39-26-43(55-41-15-7-3-11-34(41)36-19-21-47-49(51(36)55)38-13-5-9-17-45(38)57-47)42(25-32(39)28-53)54-40-14-6-2-10-33(40)35-18-20-46-48(50(35)54)37-12-4-8-16-44(37)56-46/h2-26H,1H3. The molecule has 264 valence electrons. The van der Waals surface area contributed by atoms with Crippen LogP contribution >= 0.6 is 22.7 Å². The molecule has 0 N–H and O–H groups in total. The molecular weight excluding hydrogens is 733 g/mol. The Morgan fingerprint density at radius 2 is 0.965 bits per heavy atom. The summed E-state index contributed by atoms with van der Waals surface area (Å²) in [5.41, 5.74) is 10.00. The summed E-state index contributed by atoms with van der Waals surface area (Å²) in [5, 5.41) is 30.7. The smallest absolute Gasteiger partial charge is 0.0998 e. The van der Waals surface area contributed by atoms with Crippen LogP contribution in [0.1, 0.15) is 16.7 Å². The van der Waals surface area contributed by atoms with E-state index in [1.807, 2.05) is 41.7 Å². The van der Waals surface area contributed by atoms with Gasteiger partial charge < -0.3 is 9.13 Å². The van der Waals surface area contributed by atoms with Crippen LogP contribution in [0.5, 0.6) is 0 Å². The lowest BCUT2D eigenvalue weighted by Gasteiger charge is -2.20. The average molecular weight is 761 g/mol. The number of para-hydroxylation sites is 2. The Hall–Kier alpha value is -7.22. The van der Waals surface area contributed by atoms with Gasteiger partial charge in [0.25, 0.3) is 0 Å². The Morgan fingerprint density at radius 3 is 1.51 bits per heavy atom. The first-order chi connectivity index (χ1) is 28.1. The average Bonchev–Trinajstić information content (AvgIpc) is 4.00. The zero-order chi connectivity index (χ0) is 37.9. The predicted molar refractivity (Wildman–Crippen MR) is 241 cm³/mol. The summed E-state index contributed by atoms with van der Waals surface area (Å²) in [6.07, 6.45) is 0. The molecule has 0 saturated carbocycles. The van der Waals surface area contributed by atoms with Gasteiger partial charge in [-0.25, -0.2) is 0 Å². The maximum atomic E-state index is 11.1. The lowest BCUT2D eigenvalue weighted by Crippen LogP contribution is -2.06. The van der Waals surface area contributed by atoms with E-state index in [9.17, 15) is 10.5 Å². The SMILES string of the molecule is Cc1cc(C#N)cc(-c2cc(-n3c4ccccc4c4ccc5sc6ccccc6c5c43)c(-n3c4ccccc4c4ccc5sc6ccccc6c5c43)cc2C#N)c1. The van der Waals surface area contributed by atoms with Crippen molar-refractivity contribution in [3.05, 3.63) is 168 Å². The second-order valence-electron chi connectivity index (χ2n) is 14.8. The van der Waals surface area contributed by atoms with Crippen molar-refractivity contribution in [3.8, 4) is 34.6 Å². The molecule has 0 bridgehead atoms. The molecule has 8 aromatic carbocycles. The van der Waals surface area contributed by atoms with Crippen molar-refractivity contribution in [1.29, 1.82) is 10.5 Å². The van der Waals surface area contributed by atoms with Crippen molar-refractivity contribution in [2.45, 2.75) is 6.92 Å². The molecule has 4 aromatic heterocycles. The van der Waals surface area contributed by atoms with Gasteiger partial charge in [-0.15, -0.1) is 22.7 Å². The molecule has 4 heterocycles. The molecule has 0 fully saturated rings. The summed E-state index contributed by atoms with van der Waals surface area (Å²) in [4.78, 5) is 0. The molecule has 12 aromatic rings. The van der Waals surface area contributed by atoms with Crippen LogP contribution in [0.15, 0.2) is 152 Å². The van der Waals surface area contributed by atoms with E-state index in [-0.39, 0.29) is 0 Å². The first kappa shape index (κ1) is 32.1. The van der Waals surface area contributed by atoms with Gasteiger partial charge in [-0.05, 0) is 78.7 Å². The Labute approximate surface area is 334 Å². The Balaban J connectivity index is 1.34. The van der Waals surface area contributed by atoms with E-state index >= 15 is 0 Å². The van der Waals surface area contributed by atoms with Crippen molar-refractivity contribution in [3.63, 3.8) is 0 Å². The van der Waals surface area contributed by atoms with Crippen molar-refractivity contribution in [2.24, 2.45) is 0 Å². The Kier molecular flexibility index (Phi) is 6.69. The van der Waals surface area contributed by atoms with Crippen LogP contribution in [-0.4, -0.2) is 9.13 Å². The number of benzene rings is 8. The third-order valence-electron chi connectivity index (χ3n) is 11.6. The van der Waals surface area contributed by atoms with Crippen molar-refractivity contribution >= 4 is 107 Å². The first-order valence-electron chi connectivity index (χ1n) is 18.9. The normalized spacial score (nSPS) is 11.9. The minimum atomic E-state index is 0.545. The van der Waals surface area contributed by atoms with Crippen LogP contribution in [0.4, 0.5) is 0 Å². The van der Waals surface area contributed by atoms with Crippen molar-refractivity contribution < 1.29 is 0 Å². The number of aryl methyl sites for hydroxylation is 1. The highest BCUT2D eigenvalue weighted by atomic mass is 32.1. The van der Waals surface area contributed by atoms with Gasteiger partial charge >= 0.3 is 0 Å². The summed E-state index contributed by atoms with van der Waals surface area (Å²) in [6.45, 7) is 2.01. The lowest BCUT2D eigenvalue weighted by molar-refractivity contribution is 1.10. The molecule has 0 spiro atoms. The van der Waals surface area contributed by atoms with Crippen LogP contribution in [0, 0.1) is 29.6 Å². The number of fused-ring (bicyclic) bond motifs is 14. The lowest BCUT2D eigenvalue weighted by atomic mass is 9.95. The number of aromatic nitrogens is 2. The molecule has 0 aliphatic heterocycles. The number of rotatable bonds is 3. The van der Waals surface area contributed by atoms with Crippen molar-refractivity contribution in [1.82, 2.24) is 9.13 Å².